The van der Waals surface area contributed by atoms with E-state index in [1.807, 2.05) is 25.7 Å². The van der Waals surface area contributed by atoms with Gasteiger partial charge in [0.05, 0.1) is 19.2 Å². The zero-order valence-corrected chi connectivity index (χ0v) is 12.2. The first-order valence-corrected chi connectivity index (χ1v) is 6.97. The molecule has 1 aromatic carbocycles. The summed E-state index contributed by atoms with van der Waals surface area (Å²) in [5, 5.41) is 0. The van der Waals surface area contributed by atoms with Gasteiger partial charge in [0.15, 0.2) is 0 Å². The van der Waals surface area contributed by atoms with E-state index in [-0.39, 0.29) is 24.0 Å². The van der Waals surface area contributed by atoms with Crippen LogP contribution in [0.4, 0.5) is 0 Å². The van der Waals surface area contributed by atoms with Gasteiger partial charge in [0.25, 0.3) is 0 Å². The molecule has 2 rings (SSSR count). The minimum Gasteiger partial charge on any atom is -0.370 e. The number of carbonyl (C=O) groups excluding carboxylic acids is 1. The Balaban J connectivity index is 2.12. The van der Waals surface area contributed by atoms with E-state index in [1.54, 1.807) is 0 Å². The summed E-state index contributed by atoms with van der Waals surface area (Å²) in [6.45, 7) is 9.28. The van der Waals surface area contributed by atoms with Crippen molar-refractivity contribution in [3.8, 4) is 0 Å². The van der Waals surface area contributed by atoms with Crippen LogP contribution in [0.5, 0.6) is 0 Å². The molecule has 0 N–H and O–H groups in total. The van der Waals surface area contributed by atoms with Crippen molar-refractivity contribution >= 4 is 5.91 Å². The third kappa shape index (κ3) is 3.16. The van der Waals surface area contributed by atoms with Crippen LogP contribution in [0.25, 0.3) is 0 Å². The number of ether oxygens (including phenoxy) is 1. The molecule has 0 aromatic heterocycles. The predicted molar refractivity (Wildman–Crippen MR) is 75.9 cm³/mol. The van der Waals surface area contributed by atoms with Gasteiger partial charge in [0.1, 0.15) is 6.10 Å². The van der Waals surface area contributed by atoms with Gasteiger partial charge in [-0.1, -0.05) is 43.7 Å². The maximum atomic E-state index is 12.2. The number of amides is 1. The second kappa shape index (κ2) is 5.74. The van der Waals surface area contributed by atoms with Crippen LogP contribution < -0.4 is 0 Å². The average molecular weight is 261 g/mol. The van der Waals surface area contributed by atoms with Gasteiger partial charge < -0.3 is 9.64 Å². The number of hydrogen-bond donors (Lipinski definition) is 0. The molecule has 0 spiro atoms. The van der Waals surface area contributed by atoms with E-state index in [4.69, 9.17) is 4.74 Å². The lowest BCUT2D eigenvalue weighted by molar-refractivity contribution is -0.147. The van der Waals surface area contributed by atoms with E-state index >= 15 is 0 Å². The number of aryl methyl sites for hydroxylation is 1. The topological polar surface area (TPSA) is 29.5 Å². The van der Waals surface area contributed by atoms with Crippen LogP contribution in [0.1, 0.15) is 38.0 Å². The molecular formula is C16H23NO2. The Hall–Kier alpha value is -1.35. The maximum absolute atomic E-state index is 12.2. The van der Waals surface area contributed by atoms with Gasteiger partial charge in [-0.2, -0.15) is 0 Å². The molecule has 1 amide bonds. The molecule has 1 aliphatic rings. The molecule has 1 fully saturated rings. The summed E-state index contributed by atoms with van der Waals surface area (Å²) in [7, 11) is 0. The van der Waals surface area contributed by atoms with E-state index < -0.39 is 0 Å². The van der Waals surface area contributed by atoms with Crippen molar-refractivity contribution in [1.29, 1.82) is 0 Å². The summed E-state index contributed by atoms with van der Waals surface area (Å²) in [6, 6.07) is 8.52. The van der Waals surface area contributed by atoms with Crippen molar-refractivity contribution in [2.45, 2.75) is 39.8 Å². The molecule has 19 heavy (non-hydrogen) atoms. The van der Waals surface area contributed by atoms with Crippen LogP contribution in [0, 0.1) is 12.8 Å². The summed E-state index contributed by atoms with van der Waals surface area (Å²) >= 11 is 0. The lowest BCUT2D eigenvalue weighted by Gasteiger charge is -2.39. The zero-order valence-electron chi connectivity index (χ0n) is 12.2. The molecule has 1 saturated heterocycles. The number of carbonyl (C=O) groups is 1. The third-order valence-corrected chi connectivity index (χ3v) is 3.66. The number of morpholine rings is 1. The smallest absolute Gasteiger partial charge is 0.225 e. The van der Waals surface area contributed by atoms with Gasteiger partial charge in [-0.15, -0.1) is 0 Å². The van der Waals surface area contributed by atoms with E-state index in [2.05, 4.69) is 31.2 Å². The molecule has 2 atom stereocenters. The Morgan fingerprint density at radius 2 is 1.95 bits per heavy atom. The monoisotopic (exact) mass is 261 g/mol. The summed E-state index contributed by atoms with van der Waals surface area (Å²) in [5.74, 6) is 0.257. The molecule has 0 bridgehead atoms. The normalized spacial score (nSPS) is 23.7. The number of nitrogens with zero attached hydrogens (tertiary/aromatic N) is 1. The van der Waals surface area contributed by atoms with Crippen molar-refractivity contribution < 1.29 is 9.53 Å². The Morgan fingerprint density at radius 3 is 2.53 bits per heavy atom. The molecule has 0 saturated carbocycles. The first kappa shape index (κ1) is 14.1. The highest BCUT2D eigenvalue weighted by atomic mass is 16.5. The Labute approximate surface area is 115 Å². The lowest BCUT2D eigenvalue weighted by atomic mass is 10.0. The highest BCUT2D eigenvalue weighted by Crippen LogP contribution is 2.26. The van der Waals surface area contributed by atoms with E-state index in [0.717, 1.165) is 5.56 Å². The third-order valence-electron chi connectivity index (χ3n) is 3.66. The van der Waals surface area contributed by atoms with E-state index in [1.165, 1.54) is 5.56 Å². The van der Waals surface area contributed by atoms with E-state index in [0.29, 0.717) is 13.2 Å². The Morgan fingerprint density at radius 1 is 1.32 bits per heavy atom. The van der Waals surface area contributed by atoms with Gasteiger partial charge >= 0.3 is 0 Å². The van der Waals surface area contributed by atoms with Crippen LogP contribution in [0.2, 0.25) is 0 Å². The molecule has 104 valence electrons. The fourth-order valence-corrected chi connectivity index (χ4v) is 2.38. The summed E-state index contributed by atoms with van der Waals surface area (Å²) in [6.07, 6.45) is -0.000463. The van der Waals surface area contributed by atoms with Crippen LogP contribution in [0.15, 0.2) is 24.3 Å². The standard InChI is InChI=1S/C16H23NO2/c1-11(2)16(18)17-9-15(19-10-13(17)4)14-7-5-12(3)6-8-14/h5-8,11,13,15H,9-10H2,1-4H3. The molecule has 2 unspecified atom stereocenters. The minimum absolute atomic E-state index is 0.000463. The molecule has 3 heteroatoms. The van der Waals surface area contributed by atoms with Gasteiger partial charge in [0, 0.05) is 5.92 Å². The second-order valence-corrected chi connectivity index (χ2v) is 5.73. The highest BCUT2D eigenvalue weighted by Gasteiger charge is 2.31. The average Bonchev–Trinajstić information content (AvgIpc) is 2.39. The molecule has 1 aromatic rings. The van der Waals surface area contributed by atoms with Gasteiger partial charge in [0.2, 0.25) is 5.91 Å². The molecular weight excluding hydrogens is 238 g/mol. The largest absolute Gasteiger partial charge is 0.370 e. The van der Waals surface area contributed by atoms with Crippen molar-refractivity contribution in [2.75, 3.05) is 13.2 Å². The van der Waals surface area contributed by atoms with Crippen molar-refractivity contribution in [3.05, 3.63) is 35.4 Å². The van der Waals surface area contributed by atoms with Crippen LogP contribution in [-0.2, 0) is 9.53 Å². The van der Waals surface area contributed by atoms with Crippen LogP contribution in [-0.4, -0.2) is 30.0 Å². The quantitative estimate of drug-likeness (QED) is 0.819. The van der Waals surface area contributed by atoms with Crippen molar-refractivity contribution in [1.82, 2.24) is 4.90 Å². The SMILES string of the molecule is Cc1ccc(C2CN(C(=O)C(C)C)C(C)CO2)cc1. The fourth-order valence-electron chi connectivity index (χ4n) is 2.38. The number of rotatable bonds is 2. The minimum atomic E-state index is -0.000463. The second-order valence-electron chi connectivity index (χ2n) is 5.73. The van der Waals surface area contributed by atoms with Crippen molar-refractivity contribution in [2.24, 2.45) is 5.92 Å². The molecule has 1 aliphatic heterocycles. The maximum Gasteiger partial charge on any atom is 0.225 e. The zero-order chi connectivity index (χ0) is 14.0. The molecule has 0 radical (unpaired) electrons. The molecule has 1 heterocycles. The first-order chi connectivity index (χ1) is 8.99. The lowest BCUT2D eigenvalue weighted by Crippen LogP contribution is -2.49. The van der Waals surface area contributed by atoms with Gasteiger partial charge in [-0.3, -0.25) is 4.79 Å². The Bertz CT molecular complexity index is 439. The number of hydrogen-bond acceptors (Lipinski definition) is 2. The molecule has 0 aliphatic carbocycles. The van der Waals surface area contributed by atoms with E-state index in [9.17, 15) is 4.79 Å². The van der Waals surface area contributed by atoms with Crippen LogP contribution >= 0.6 is 0 Å². The van der Waals surface area contributed by atoms with Gasteiger partial charge in [-0.05, 0) is 19.4 Å². The fraction of sp³-hybridized carbons (Fsp3) is 0.562. The molecule has 3 nitrogen and oxygen atoms in total. The van der Waals surface area contributed by atoms with Crippen LogP contribution in [0.3, 0.4) is 0 Å². The first-order valence-electron chi connectivity index (χ1n) is 6.97. The summed E-state index contributed by atoms with van der Waals surface area (Å²) in [4.78, 5) is 14.2. The highest BCUT2D eigenvalue weighted by molar-refractivity contribution is 5.78. The number of benzene rings is 1. The van der Waals surface area contributed by atoms with Gasteiger partial charge in [-0.25, -0.2) is 0 Å². The van der Waals surface area contributed by atoms with Crippen molar-refractivity contribution in [3.63, 3.8) is 0 Å². The summed E-state index contributed by atoms with van der Waals surface area (Å²) < 4.78 is 5.88. The Kier molecular flexibility index (Phi) is 4.25. The predicted octanol–water partition coefficient (Wildman–Crippen LogP) is 2.94. The summed E-state index contributed by atoms with van der Waals surface area (Å²) in [5.41, 5.74) is 2.39.